The third-order valence-corrected chi connectivity index (χ3v) is 8.37. The zero-order valence-corrected chi connectivity index (χ0v) is 18.0. The molecule has 2 heterocycles. The third-order valence-electron chi connectivity index (χ3n) is 4.79. The van der Waals surface area contributed by atoms with Crippen LogP contribution in [0, 0.1) is 0 Å². The van der Waals surface area contributed by atoms with E-state index in [0.717, 1.165) is 28.1 Å². The van der Waals surface area contributed by atoms with E-state index in [-0.39, 0.29) is 10.8 Å². The van der Waals surface area contributed by atoms with Gasteiger partial charge in [0, 0.05) is 23.5 Å². The number of fused-ring (bicyclic) bond motifs is 1. The zero-order chi connectivity index (χ0) is 19.0. The molecule has 0 N–H and O–H groups in total. The fourth-order valence-electron chi connectivity index (χ4n) is 3.42. The normalized spacial score (nSPS) is 18.7. The molecule has 0 spiro atoms. The van der Waals surface area contributed by atoms with Crippen molar-refractivity contribution in [1.82, 2.24) is 9.29 Å². The molecule has 142 valence electrons. The molecule has 3 aromatic rings. The highest BCUT2D eigenvalue weighted by atomic mass is 79.9. The first-order valence-corrected chi connectivity index (χ1v) is 11.7. The van der Waals surface area contributed by atoms with Gasteiger partial charge < -0.3 is 4.74 Å². The van der Waals surface area contributed by atoms with Crippen LogP contribution in [0.1, 0.15) is 23.8 Å². The fraction of sp³-hybridized carbons (Fsp3) is 0.316. The molecule has 0 aliphatic carbocycles. The molecule has 4 rings (SSSR count). The number of sulfonamides is 1. The number of nitrogens with zero attached hydrogens (tertiary/aromatic N) is 2. The number of rotatable bonds is 4. The van der Waals surface area contributed by atoms with E-state index in [9.17, 15) is 8.42 Å². The Morgan fingerprint density at radius 2 is 2.07 bits per heavy atom. The lowest BCUT2D eigenvalue weighted by molar-refractivity contribution is 0.313. The van der Waals surface area contributed by atoms with E-state index in [4.69, 9.17) is 9.72 Å². The molecule has 1 fully saturated rings. The van der Waals surface area contributed by atoms with Gasteiger partial charge in [-0.05, 0) is 43.2 Å². The van der Waals surface area contributed by atoms with E-state index < -0.39 is 10.0 Å². The van der Waals surface area contributed by atoms with Gasteiger partial charge >= 0.3 is 0 Å². The van der Waals surface area contributed by atoms with Gasteiger partial charge in [-0.2, -0.15) is 4.31 Å². The van der Waals surface area contributed by atoms with Gasteiger partial charge in [0.15, 0.2) is 0 Å². The van der Waals surface area contributed by atoms with Crippen molar-refractivity contribution in [3.8, 4) is 5.75 Å². The van der Waals surface area contributed by atoms with Crippen LogP contribution in [0.5, 0.6) is 5.75 Å². The summed E-state index contributed by atoms with van der Waals surface area (Å²) in [5.74, 6) is 0.476. The first-order chi connectivity index (χ1) is 13.0. The standard InChI is InChI=1S/C19H19BrN2O3S2/c1-25-16-9-8-14(20)11-18(16)27(23,24)22-10-4-5-13(12-22)19-21-15-6-2-3-7-17(15)26-19/h2-3,6-9,11,13H,4-5,10,12H2,1H3. The quantitative estimate of drug-likeness (QED) is 0.561. The predicted molar refractivity (Wildman–Crippen MR) is 111 cm³/mol. The predicted octanol–water partition coefficient (Wildman–Crippen LogP) is 4.64. The lowest BCUT2D eigenvalue weighted by atomic mass is 10.0. The topological polar surface area (TPSA) is 59.5 Å². The van der Waals surface area contributed by atoms with Gasteiger partial charge in [-0.3, -0.25) is 0 Å². The number of hydrogen-bond acceptors (Lipinski definition) is 5. The molecular weight excluding hydrogens is 448 g/mol. The van der Waals surface area contributed by atoms with Crippen LogP contribution in [-0.2, 0) is 10.0 Å². The number of piperidine rings is 1. The molecular formula is C19H19BrN2O3S2. The summed E-state index contributed by atoms with van der Waals surface area (Å²) in [5, 5.41) is 1.01. The molecule has 2 aromatic carbocycles. The highest BCUT2D eigenvalue weighted by Gasteiger charge is 2.34. The number of ether oxygens (including phenoxy) is 1. The van der Waals surface area contributed by atoms with Crippen molar-refractivity contribution in [3.63, 3.8) is 0 Å². The van der Waals surface area contributed by atoms with Gasteiger partial charge in [-0.1, -0.05) is 28.1 Å². The fourth-order valence-corrected chi connectivity index (χ4v) is 6.73. The molecule has 0 radical (unpaired) electrons. The summed E-state index contributed by atoms with van der Waals surface area (Å²) in [5.41, 5.74) is 0.978. The number of hydrogen-bond donors (Lipinski definition) is 0. The Morgan fingerprint density at radius 3 is 2.85 bits per heavy atom. The molecule has 1 aromatic heterocycles. The molecule has 1 saturated heterocycles. The number of benzene rings is 2. The summed E-state index contributed by atoms with van der Waals surface area (Å²) in [6.07, 6.45) is 1.76. The molecule has 1 aliphatic heterocycles. The average Bonchev–Trinajstić information content (AvgIpc) is 3.12. The Bertz CT molecular complexity index is 1050. The first kappa shape index (κ1) is 18.9. The van der Waals surface area contributed by atoms with E-state index in [1.165, 1.54) is 7.11 Å². The smallest absolute Gasteiger partial charge is 0.246 e. The maximum absolute atomic E-state index is 13.3. The Balaban J connectivity index is 1.65. The van der Waals surface area contributed by atoms with Crippen molar-refractivity contribution in [2.45, 2.75) is 23.7 Å². The van der Waals surface area contributed by atoms with Crippen molar-refractivity contribution >= 4 is 47.5 Å². The van der Waals surface area contributed by atoms with Crippen LogP contribution in [0.15, 0.2) is 51.8 Å². The van der Waals surface area contributed by atoms with Gasteiger partial charge in [0.2, 0.25) is 10.0 Å². The molecule has 0 saturated carbocycles. The van der Waals surface area contributed by atoms with Crippen LogP contribution < -0.4 is 4.74 Å². The maximum Gasteiger partial charge on any atom is 0.246 e. The van der Waals surface area contributed by atoms with Crippen molar-refractivity contribution < 1.29 is 13.2 Å². The van der Waals surface area contributed by atoms with E-state index in [0.29, 0.717) is 23.3 Å². The second-order valence-corrected chi connectivity index (χ2v) is 10.4. The maximum atomic E-state index is 13.3. The largest absolute Gasteiger partial charge is 0.495 e. The summed E-state index contributed by atoms with van der Waals surface area (Å²) < 4.78 is 35.3. The third kappa shape index (κ3) is 3.63. The zero-order valence-electron chi connectivity index (χ0n) is 14.8. The summed E-state index contributed by atoms with van der Waals surface area (Å²) in [4.78, 5) is 4.94. The van der Waals surface area contributed by atoms with E-state index in [2.05, 4.69) is 22.0 Å². The summed E-state index contributed by atoms with van der Waals surface area (Å²) in [7, 11) is -2.15. The number of thiazole rings is 1. The lowest BCUT2D eigenvalue weighted by Crippen LogP contribution is -2.39. The minimum absolute atomic E-state index is 0.115. The van der Waals surface area contributed by atoms with Crippen LogP contribution in [-0.4, -0.2) is 37.9 Å². The van der Waals surface area contributed by atoms with Crippen LogP contribution in [0.2, 0.25) is 0 Å². The average molecular weight is 467 g/mol. The number of aromatic nitrogens is 1. The number of para-hydroxylation sites is 1. The van der Waals surface area contributed by atoms with Gasteiger partial charge in [-0.25, -0.2) is 13.4 Å². The summed E-state index contributed by atoms with van der Waals surface area (Å²) in [6, 6.07) is 13.1. The van der Waals surface area contributed by atoms with E-state index in [1.807, 2.05) is 18.2 Å². The van der Waals surface area contributed by atoms with E-state index in [1.54, 1.807) is 33.8 Å². The Hall–Kier alpha value is -1.48. The van der Waals surface area contributed by atoms with Crippen molar-refractivity contribution in [1.29, 1.82) is 0 Å². The minimum Gasteiger partial charge on any atom is -0.495 e. The molecule has 8 heteroatoms. The van der Waals surface area contributed by atoms with Gasteiger partial charge in [-0.15, -0.1) is 11.3 Å². The number of methoxy groups -OCH3 is 1. The Morgan fingerprint density at radius 1 is 1.26 bits per heavy atom. The van der Waals surface area contributed by atoms with E-state index >= 15 is 0 Å². The first-order valence-electron chi connectivity index (χ1n) is 8.68. The molecule has 1 aliphatic rings. The van der Waals surface area contributed by atoms with Crippen molar-refractivity contribution in [2.24, 2.45) is 0 Å². The second kappa shape index (κ2) is 7.50. The molecule has 5 nitrogen and oxygen atoms in total. The Labute approximate surface area is 171 Å². The Kier molecular flexibility index (Phi) is 5.24. The van der Waals surface area contributed by atoms with Crippen molar-refractivity contribution in [2.75, 3.05) is 20.2 Å². The molecule has 1 atom stereocenters. The highest BCUT2D eigenvalue weighted by molar-refractivity contribution is 9.10. The van der Waals surface area contributed by atoms with Crippen LogP contribution in [0.3, 0.4) is 0 Å². The van der Waals surface area contributed by atoms with Gasteiger partial charge in [0.1, 0.15) is 10.6 Å². The van der Waals surface area contributed by atoms with Gasteiger partial charge in [0.25, 0.3) is 0 Å². The highest BCUT2D eigenvalue weighted by Crippen LogP contribution is 2.36. The molecule has 1 unspecified atom stereocenters. The molecule has 27 heavy (non-hydrogen) atoms. The van der Waals surface area contributed by atoms with Crippen molar-refractivity contribution in [3.05, 3.63) is 51.9 Å². The van der Waals surface area contributed by atoms with Gasteiger partial charge in [0.05, 0.1) is 22.3 Å². The SMILES string of the molecule is COc1ccc(Br)cc1S(=O)(=O)N1CCCC(c2nc3ccccc3s2)C1. The summed E-state index contributed by atoms with van der Waals surface area (Å²) in [6.45, 7) is 0.956. The lowest BCUT2D eigenvalue weighted by Gasteiger charge is -2.31. The molecule has 0 amide bonds. The van der Waals surface area contributed by atoms with Crippen LogP contribution >= 0.6 is 27.3 Å². The minimum atomic E-state index is -3.64. The van der Waals surface area contributed by atoms with Crippen LogP contribution in [0.25, 0.3) is 10.2 Å². The second-order valence-electron chi connectivity index (χ2n) is 6.52. The molecule has 0 bridgehead atoms. The summed E-state index contributed by atoms with van der Waals surface area (Å²) >= 11 is 5.02. The van der Waals surface area contributed by atoms with Crippen LogP contribution in [0.4, 0.5) is 0 Å². The number of halogens is 1. The monoisotopic (exact) mass is 466 g/mol.